The van der Waals surface area contributed by atoms with Gasteiger partial charge in [-0.25, -0.2) is 0 Å². The van der Waals surface area contributed by atoms with Crippen molar-refractivity contribution >= 4 is 5.91 Å². The van der Waals surface area contributed by atoms with Crippen molar-refractivity contribution in [2.45, 2.75) is 33.6 Å². The van der Waals surface area contributed by atoms with Crippen molar-refractivity contribution in [2.75, 3.05) is 7.05 Å². The second-order valence-corrected chi connectivity index (χ2v) is 3.03. The molecule has 0 aromatic carbocycles. The van der Waals surface area contributed by atoms with Gasteiger partial charge in [-0.05, 0) is 12.3 Å². The van der Waals surface area contributed by atoms with Gasteiger partial charge in [-0.2, -0.15) is 0 Å². The Bertz CT molecular complexity index is 157. The number of hydrogen-bond donors (Lipinski definition) is 0. The van der Waals surface area contributed by atoms with E-state index in [1.807, 2.05) is 13.8 Å². The van der Waals surface area contributed by atoms with Crippen LogP contribution in [0.15, 0.2) is 12.3 Å². The molecule has 0 aliphatic carbocycles. The van der Waals surface area contributed by atoms with Crippen LogP contribution in [-0.2, 0) is 4.79 Å². The molecule has 0 aromatic rings. The van der Waals surface area contributed by atoms with Crippen molar-refractivity contribution in [1.82, 2.24) is 4.90 Å². The fourth-order valence-electron chi connectivity index (χ4n) is 1.22. The predicted octanol–water partition coefficient (Wildman–Crippen LogP) is 2.41. The van der Waals surface area contributed by atoms with E-state index in [0.29, 0.717) is 12.3 Å². The molecular formula is C10H19NO. The van der Waals surface area contributed by atoms with Crippen LogP contribution in [0.5, 0.6) is 0 Å². The Labute approximate surface area is 75.3 Å². The summed E-state index contributed by atoms with van der Waals surface area (Å²) in [7, 11) is 1.79. The first-order valence-corrected chi connectivity index (χ1v) is 4.55. The molecule has 1 aliphatic heterocycles. The molecule has 1 amide bonds. The molecule has 0 saturated carbocycles. The van der Waals surface area contributed by atoms with Gasteiger partial charge in [-0.3, -0.25) is 4.79 Å². The maximum Gasteiger partial charge on any atom is 0.226 e. The molecule has 12 heavy (non-hydrogen) atoms. The number of amides is 1. The Balaban J connectivity index is 0.000000561. The highest BCUT2D eigenvalue weighted by Crippen LogP contribution is 2.23. The monoisotopic (exact) mass is 169 g/mol. The topological polar surface area (TPSA) is 20.3 Å². The molecule has 1 atom stereocenters. The molecule has 2 nitrogen and oxygen atoms in total. The Morgan fingerprint density at radius 1 is 1.42 bits per heavy atom. The molecule has 1 aliphatic rings. The van der Waals surface area contributed by atoms with E-state index < -0.39 is 0 Å². The summed E-state index contributed by atoms with van der Waals surface area (Å²) in [6.07, 6.45) is 1.64. The van der Waals surface area contributed by atoms with Crippen molar-refractivity contribution in [1.29, 1.82) is 0 Å². The van der Waals surface area contributed by atoms with Gasteiger partial charge in [0.25, 0.3) is 0 Å². The van der Waals surface area contributed by atoms with E-state index in [9.17, 15) is 4.79 Å². The first-order chi connectivity index (χ1) is 5.61. The van der Waals surface area contributed by atoms with Crippen LogP contribution in [0, 0.1) is 5.92 Å². The van der Waals surface area contributed by atoms with E-state index in [0.717, 1.165) is 12.1 Å². The summed E-state index contributed by atoms with van der Waals surface area (Å²) in [5.41, 5.74) is 0.948. The van der Waals surface area contributed by atoms with Gasteiger partial charge < -0.3 is 4.90 Å². The average Bonchev–Trinajstić information content (AvgIpc) is 2.04. The standard InChI is InChI=1S/C8H13NO.C2H6/c1-6-4-7(2)9(3)8(10)5-6;1-2/h6H,2,4-5H2,1,3H3;1-2H3. The van der Waals surface area contributed by atoms with Crippen molar-refractivity contribution in [3.63, 3.8) is 0 Å². The lowest BCUT2D eigenvalue weighted by Gasteiger charge is -2.28. The Kier molecular flexibility index (Phi) is 4.64. The fraction of sp³-hybridized carbons (Fsp3) is 0.700. The lowest BCUT2D eigenvalue weighted by atomic mass is 9.97. The van der Waals surface area contributed by atoms with Crippen molar-refractivity contribution < 1.29 is 4.79 Å². The number of carbonyl (C=O) groups is 1. The molecule has 2 heteroatoms. The summed E-state index contributed by atoms with van der Waals surface area (Å²) in [5, 5.41) is 0. The van der Waals surface area contributed by atoms with E-state index in [2.05, 4.69) is 13.5 Å². The zero-order valence-electron chi connectivity index (χ0n) is 8.55. The maximum absolute atomic E-state index is 11.1. The number of nitrogens with zero attached hydrogens (tertiary/aromatic N) is 1. The Morgan fingerprint density at radius 3 is 2.33 bits per heavy atom. The third-order valence-electron chi connectivity index (χ3n) is 1.96. The van der Waals surface area contributed by atoms with Crippen molar-refractivity contribution in [2.24, 2.45) is 5.92 Å². The molecule has 0 aromatic heterocycles. The summed E-state index contributed by atoms with van der Waals surface area (Å²) in [6.45, 7) is 9.88. The summed E-state index contributed by atoms with van der Waals surface area (Å²) < 4.78 is 0. The third-order valence-corrected chi connectivity index (χ3v) is 1.96. The van der Waals surface area contributed by atoms with Crippen LogP contribution in [0.1, 0.15) is 33.6 Å². The van der Waals surface area contributed by atoms with E-state index >= 15 is 0 Å². The minimum absolute atomic E-state index is 0.198. The largest absolute Gasteiger partial charge is 0.320 e. The molecule has 1 fully saturated rings. The summed E-state index contributed by atoms with van der Waals surface area (Å²) in [5.74, 6) is 0.681. The zero-order valence-corrected chi connectivity index (χ0v) is 8.55. The highest BCUT2D eigenvalue weighted by molar-refractivity contribution is 5.78. The number of hydrogen-bond acceptors (Lipinski definition) is 1. The first kappa shape index (κ1) is 11.2. The molecule has 0 N–H and O–H groups in total. The molecule has 0 spiro atoms. The highest BCUT2D eigenvalue weighted by Gasteiger charge is 2.22. The summed E-state index contributed by atoms with van der Waals surface area (Å²) in [4.78, 5) is 12.7. The van der Waals surface area contributed by atoms with E-state index in [4.69, 9.17) is 0 Å². The van der Waals surface area contributed by atoms with Crippen molar-refractivity contribution in [3.05, 3.63) is 12.3 Å². The maximum atomic E-state index is 11.1. The average molecular weight is 169 g/mol. The van der Waals surface area contributed by atoms with Crippen LogP contribution in [0.2, 0.25) is 0 Å². The van der Waals surface area contributed by atoms with Gasteiger partial charge in [0.2, 0.25) is 5.91 Å². The van der Waals surface area contributed by atoms with Gasteiger partial charge in [0.1, 0.15) is 0 Å². The van der Waals surface area contributed by atoms with Crippen LogP contribution < -0.4 is 0 Å². The lowest BCUT2D eigenvalue weighted by Crippen LogP contribution is -2.32. The van der Waals surface area contributed by atoms with Crippen LogP contribution >= 0.6 is 0 Å². The molecular weight excluding hydrogens is 150 g/mol. The van der Waals surface area contributed by atoms with Crippen molar-refractivity contribution in [3.8, 4) is 0 Å². The predicted molar refractivity (Wildman–Crippen MR) is 51.7 cm³/mol. The van der Waals surface area contributed by atoms with Crippen LogP contribution in [0.4, 0.5) is 0 Å². The SMILES string of the molecule is C=C1CC(C)CC(=O)N1C.CC. The molecule has 1 unspecified atom stereocenters. The smallest absolute Gasteiger partial charge is 0.226 e. The normalized spacial score (nSPS) is 23.3. The van der Waals surface area contributed by atoms with Gasteiger partial charge >= 0.3 is 0 Å². The van der Waals surface area contributed by atoms with Crippen LogP contribution in [0.3, 0.4) is 0 Å². The quantitative estimate of drug-likeness (QED) is 0.545. The third kappa shape index (κ3) is 2.68. The molecule has 1 saturated heterocycles. The number of allylic oxidation sites excluding steroid dienone is 1. The van der Waals surface area contributed by atoms with E-state index in [-0.39, 0.29) is 5.91 Å². The van der Waals surface area contributed by atoms with Crippen LogP contribution in [-0.4, -0.2) is 17.9 Å². The number of piperidine rings is 1. The van der Waals surface area contributed by atoms with Gasteiger partial charge in [0, 0.05) is 19.2 Å². The van der Waals surface area contributed by atoms with Gasteiger partial charge in [0.15, 0.2) is 0 Å². The van der Waals surface area contributed by atoms with Gasteiger partial charge in [-0.1, -0.05) is 27.4 Å². The van der Waals surface area contributed by atoms with Gasteiger partial charge in [0.05, 0.1) is 0 Å². The first-order valence-electron chi connectivity index (χ1n) is 4.55. The molecule has 0 bridgehead atoms. The minimum atomic E-state index is 0.198. The van der Waals surface area contributed by atoms with Crippen LogP contribution in [0.25, 0.3) is 0 Å². The van der Waals surface area contributed by atoms with E-state index in [1.54, 1.807) is 11.9 Å². The molecule has 70 valence electrons. The number of carbonyl (C=O) groups excluding carboxylic acids is 1. The summed E-state index contributed by atoms with van der Waals surface area (Å²) >= 11 is 0. The van der Waals surface area contributed by atoms with Gasteiger partial charge in [-0.15, -0.1) is 0 Å². The Morgan fingerprint density at radius 2 is 1.92 bits per heavy atom. The minimum Gasteiger partial charge on any atom is -0.320 e. The Hall–Kier alpha value is -0.790. The second kappa shape index (κ2) is 4.96. The summed E-state index contributed by atoms with van der Waals surface area (Å²) in [6, 6.07) is 0. The molecule has 1 heterocycles. The number of rotatable bonds is 0. The number of likely N-dealkylation sites (tertiary alicyclic amines) is 1. The van der Waals surface area contributed by atoms with E-state index in [1.165, 1.54) is 0 Å². The second-order valence-electron chi connectivity index (χ2n) is 3.03. The molecule has 0 radical (unpaired) electrons. The zero-order chi connectivity index (χ0) is 9.72. The lowest BCUT2D eigenvalue weighted by molar-refractivity contribution is -0.130. The highest BCUT2D eigenvalue weighted by atomic mass is 16.2. The fourth-order valence-corrected chi connectivity index (χ4v) is 1.22. The molecule has 1 rings (SSSR count).